The van der Waals surface area contributed by atoms with Crippen molar-refractivity contribution < 1.29 is 14.4 Å². The molecule has 1 unspecified atom stereocenters. The fourth-order valence-corrected chi connectivity index (χ4v) is 2.45. The highest BCUT2D eigenvalue weighted by Crippen LogP contribution is 2.26. The molecule has 0 saturated carbocycles. The fourth-order valence-electron chi connectivity index (χ4n) is 2.45. The summed E-state index contributed by atoms with van der Waals surface area (Å²) in [5.41, 5.74) is 0.959. The maximum absolute atomic E-state index is 10.7. The first-order valence-electron chi connectivity index (χ1n) is 9.08. The molecule has 0 bridgehead atoms. The molecule has 0 amide bonds. The monoisotopic (exact) mass is 514 g/mol. The molecule has 0 aromatic heterocycles. The number of halogens is 1. The number of para-hydroxylation sites is 2. The Labute approximate surface area is 187 Å². The second-order valence-electron chi connectivity index (χ2n) is 6.08. The van der Waals surface area contributed by atoms with Crippen LogP contribution in [0.25, 0.3) is 0 Å². The molecular formula is C20H27IN4O4. The van der Waals surface area contributed by atoms with Gasteiger partial charge in [-0.2, -0.15) is 0 Å². The summed E-state index contributed by atoms with van der Waals surface area (Å²) in [6.45, 7) is 5.62. The van der Waals surface area contributed by atoms with E-state index < -0.39 is 4.92 Å². The minimum Gasteiger partial charge on any atom is -0.493 e. The van der Waals surface area contributed by atoms with Crippen molar-refractivity contribution in [2.75, 3.05) is 20.2 Å². The maximum Gasteiger partial charge on any atom is 0.269 e. The molecule has 158 valence electrons. The minimum atomic E-state index is -0.415. The van der Waals surface area contributed by atoms with Crippen LogP contribution < -0.4 is 20.1 Å². The number of hydrogen-bond acceptors (Lipinski definition) is 5. The number of nitro groups is 1. The number of non-ortho nitro benzene ring substituents is 1. The van der Waals surface area contributed by atoms with Crippen LogP contribution in [-0.2, 0) is 6.54 Å². The number of nitro benzene ring substituents is 1. The Hall–Kier alpha value is -2.56. The highest BCUT2D eigenvalue weighted by molar-refractivity contribution is 14.0. The van der Waals surface area contributed by atoms with E-state index in [-0.39, 0.29) is 35.8 Å². The van der Waals surface area contributed by atoms with Crippen molar-refractivity contribution in [3.05, 3.63) is 64.2 Å². The van der Waals surface area contributed by atoms with Gasteiger partial charge in [0.25, 0.3) is 5.69 Å². The van der Waals surface area contributed by atoms with Crippen molar-refractivity contribution in [1.82, 2.24) is 10.6 Å². The highest BCUT2D eigenvalue weighted by Gasteiger charge is 2.09. The van der Waals surface area contributed by atoms with Crippen LogP contribution in [-0.4, -0.2) is 37.2 Å². The van der Waals surface area contributed by atoms with Gasteiger partial charge in [-0.1, -0.05) is 24.3 Å². The average Bonchev–Trinajstić information content (AvgIpc) is 2.70. The molecule has 1 atom stereocenters. The zero-order valence-electron chi connectivity index (χ0n) is 16.8. The van der Waals surface area contributed by atoms with E-state index in [1.165, 1.54) is 12.1 Å². The van der Waals surface area contributed by atoms with Gasteiger partial charge in [0.1, 0.15) is 6.10 Å². The number of rotatable bonds is 9. The first kappa shape index (κ1) is 24.5. The topological polar surface area (TPSA) is 98.0 Å². The summed E-state index contributed by atoms with van der Waals surface area (Å²) >= 11 is 0. The van der Waals surface area contributed by atoms with Crippen LogP contribution >= 0.6 is 24.0 Å². The van der Waals surface area contributed by atoms with E-state index in [0.29, 0.717) is 37.1 Å². The van der Waals surface area contributed by atoms with Crippen molar-refractivity contribution in [3.8, 4) is 11.5 Å². The number of ether oxygens (including phenoxy) is 2. The Bertz CT molecular complexity index is 799. The summed E-state index contributed by atoms with van der Waals surface area (Å²) < 4.78 is 11.2. The lowest BCUT2D eigenvalue weighted by Gasteiger charge is -2.19. The van der Waals surface area contributed by atoms with Gasteiger partial charge >= 0.3 is 0 Å². The normalized spacial score (nSPS) is 11.8. The largest absolute Gasteiger partial charge is 0.493 e. The molecule has 0 aliphatic rings. The summed E-state index contributed by atoms with van der Waals surface area (Å²) in [6.07, 6.45) is -0.112. The molecule has 29 heavy (non-hydrogen) atoms. The van der Waals surface area contributed by atoms with Crippen LogP contribution in [0, 0.1) is 10.1 Å². The third-order valence-electron chi connectivity index (χ3n) is 3.87. The molecule has 0 saturated heterocycles. The summed E-state index contributed by atoms with van der Waals surface area (Å²) in [6, 6.07) is 13.9. The summed E-state index contributed by atoms with van der Waals surface area (Å²) in [5.74, 6) is 2.02. The number of hydrogen-bond donors (Lipinski definition) is 2. The molecule has 0 aliphatic carbocycles. The molecule has 2 aromatic rings. The van der Waals surface area contributed by atoms with Crippen molar-refractivity contribution in [1.29, 1.82) is 0 Å². The van der Waals surface area contributed by atoms with Gasteiger partial charge in [-0.05, 0) is 31.5 Å². The van der Waals surface area contributed by atoms with Crippen LogP contribution in [0.15, 0.2) is 53.5 Å². The van der Waals surface area contributed by atoms with Crippen molar-refractivity contribution in [2.45, 2.75) is 26.5 Å². The van der Waals surface area contributed by atoms with E-state index in [2.05, 4.69) is 15.6 Å². The Morgan fingerprint density at radius 1 is 1.14 bits per heavy atom. The van der Waals surface area contributed by atoms with Gasteiger partial charge in [-0.25, -0.2) is 4.99 Å². The smallest absolute Gasteiger partial charge is 0.269 e. The summed E-state index contributed by atoms with van der Waals surface area (Å²) in [7, 11) is 1.61. The molecular weight excluding hydrogens is 487 g/mol. The fraction of sp³-hybridized carbons (Fsp3) is 0.350. The molecule has 9 heteroatoms. The van der Waals surface area contributed by atoms with Crippen molar-refractivity contribution >= 4 is 35.6 Å². The van der Waals surface area contributed by atoms with Gasteiger partial charge < -0.3 is 20.1 Å². The molecule has 0 spiro atoms. The number of guanidine groups is 1. The van der Waals surface area contributed by atoms with E-state index >= 15 is 0 Å². The maximum atomic E-state index is 10.7. The first-order valence-corrected chi connectivity index (χ1v) is 9.08. The quantitative estimate of drug-likeness (QED) is 0.174. The van der Waals surface area contributed by atoms with Gasteiger partial charge in [-0.15, -0.1) is 24.0 Å². The van der Waals surface area contributed by atoms with Gasteiger partial charge in [0.15, 0.2) is 17.5 Å². The molecule has 0 fully saturated rings. The Balaban J connectivity index is 0.00000420. The zero-order valence-corrected chi connectivity index (χ0v) is 19.1. The lowest BCUT2D eigenvalue weighted by Crippen LogP contribution is -2.41. The predicted octanol–water partition coefficient (Wildman–Crippen LogP) is 3.74. The predicted molar refractivity (Wildman–Crippen MR) is 124 cm³/mol. The van der Waals surface area contributed by atoms with E-state index in [1.807, 2.05) is 38.1 Å². The summed E-state index contributed by atoms with van der Waals surface area (Å²) in [4.78, 5) is 14.8. The number of nitrogens with one attached hydrogen (secondary N) is 2. The van der Waals surface area contributed by atoms with Gasteiger partial charge in [0.2, 0.25) is 0 Å². The van der Waals surface area contributed by atoms with E-state index in [0.717, 1.165) is 5.56 Å². The summed E-state index contributed by atoms with van der Waals surface area (Å²) in [5, 5.41) is 17.1. The van der Waals surface area contributed by atoms with Crippen molar-refractivity contribution in [3.63, 3.8) is 0 Å². The first-order chi connectivity index (χ1) is 13.5. The standard InChI is InChI=1S/C20H26N4O4.HI/c1-4-21-20(23-14-16-9-11-17(12-10-16)24(25)26)22-13-15(2)28-19-8-6-5-7-18(19)27-3;/h5-12,15H,4,13-14H2,1-3H3,(H2,21,22,23);1H. The van der Waals surface area contributed by atoms with Crippen LogP contribution in [0.3, 0.4) is 0 Å². The van der Waals surface area contributed by atoms with E-state index in [1.54, 1.807) is 19.2 Å². The Morgan fingerprint density at radius 2 is 1.79 bits per heavy atom. The van der Waals surface area contributed by atoms with Crippen LogP contribution in [0.5, 0.6) is 11.5 Å². The average molecular weight is 514 g/mol. The Morgan fingerprint density at radius 3 is 2.38 bits per heavy atom. The van der Waals surface area contributed by atoms with Crippen LogP contribution in [0.2, 0.25) is 0 Å². The number of methoxy groups -OCH3 is 1. The number of benzene rings is 2. The van der Waals surface area contributed by atoms with Crippen LogP contribution in [0.4, 0.5) is 5.69 Å². The molecule has 0 radical (unpaired) electrons. The SMILES string of the molecule is CCNC(=NCc1ccc([N+](=O)[O-])cc1)NCC(C)Oc1ccccc1OC.I. The second-order valence-corrected chi connectivity index (χ2v) is 6.08. The number of aliphatic imine (C=N–C) groups is 1. The molecule has 0 heterocycles. The van der Waals surface area contributed by atoms with Gasteiger partial charge in [-0.3, -0.25) is 10.1 Å². The van der Waals surface area contributed by atoms with E-state index in [9.17, 15) is 10.1 Å². The molecule has 2 aromatic carbocycles. The second kappa shape index (κ2) is 12.8. The molecule has 2 rings (SSSR count). The van der Waals surface area contributed by atoms with Crippen molar-refractivity contribution in [2.24, 2.45) is 4.99 Å². The lowest BCUT2D eigenvalue weighted by molar-refractivity contribution is -0.384. The van der Waals surface area contributed by atoms with Gasteiger partial charge in [0, 0.05) is 18.7 Å². The molecule has 8 nitrogen and oxygen atoms in total. The zero-order chi connectivity index (χ0) is 20.4. The number of nitrogens with zero attached hydrogens (tertiary/aromatic N) is 2. The lowest BCUT2D eigenvalue weighted by atomic mass is 10.2. The third kappa shape index (κ3) is 8.14. The molecule has 0 aliphatic heterocycles. The minimum absolute atomic E-state index is 0. The molecule has 2 N–H and O–H groups in total. The third-order valence-corrected chi connectivity index (χ3v) is 3.87. The highest BCUT2D eigenvalue weighted by atomic mass is 127. The van der Waals surface area contributed by atoms with E-state index in [4.69, 9.17) is 9.47 Å². The van der Waals surface area contributed by atoms with Crippen LogP contribution in [0.1, 0.15) is 19.4 Å². The van der Waals surface area contributed by atoms with Gasteiger partial charge in [0.05, 0.1) is 25.1 Å². The Kier molecular flexibility index (Phi) is 10.8.